The number of rotatable bonds is 8. The molecule has 2 amide bonds. The maximum atomic E-state index is 11.6. The fraction of sp³-hybridized carbons (Fsp3) is 0.615. The normalized spacial score (nSPS) is 12.2. The molecule has 0 saturated heterocycles. The van der Waals surface area contributed by atoms with Gasteiger partial charge in [-0.15, -0.1) is 0 Å². The molecule has 0 aliphatic carbocycles. The van der Waals surface area contributed by atoms with Gasteiger partial charge in [-0.05, 0) is 18.3 Å². The third kappa shape index (κ3) is 6.77. The van der Waals surface area contributed by atoms with Crippen LogP contribution in [0.2, 0.25) is 0 Å². The number of aliphatic carboxylic acids is 1. The van der Waals surface area contributed by atoms with Crippen LogP contribution in [0.25, 0.3) is 0 Å². The van der Waals surface area contributed by atoms with E-state index < -0.39 is 5.97 Å². The average molecular weight is 282 g/mol. The minimum absolute atomic E-state index is 0.0538. The highest BCUT2D eigenvalue weighted by Gasteiger charge is 2.16. The largest absolute Gasteiger partial charge is 0.481 e. The molecule has 7 heteroatoms. The molecule has 1 rings (SSSR count). The Morgan fingerprint density at radius 3 is 2.70 bits per heavy atom. The van der Waals surface area contributed by atoms with Gasteiger partial charge in [-0.3, -0.25) is 4.79 Å². The fourth-order valence-electron chi connectivity index (χ4n) is 2.01. The topological polar surface area (TPSA) is 107 Å². The average Bonchev–Trinajstić information content (AvgIpc) is 2.85. The van der Waals surface area contributed by atoms with Crippen LogP contribution in [0.5, 0.6) is 0 Å². The molecule has 0 aromatic carbocycles. The first-order valence-corrected chi connectivity index (χ1v) is 6.69. The number of hydrogen-bond acceptors (Lipinski definition) is 3. The number of aromatic amines is 1. The Balaban J connectivity index is 2.30. The minimum Gasteiger partial charge on any atom is -0.481 e. The second-order valence-corrected chi connectivity index (χ2v) is 5.19. The molecule has 0 fully saturated rings. The molecule has 0 radical (unpaired) electrons. The Morgan fingerprint density at radius 1 is 1.40 bits per heavy atom. The summed E-state index contributed by atoms with van der Waals surface area (Å²) in [5.41, 5.74) is 0. The standard InChI is InChI=1S/C13H22N4O3/c1-9(2)5-10(6-12(18)19)7-16-13(20)17-8-11-14-3-4-15-11/h3-4,9-10H,5-8H2,1-2H3,(H,14,15)(H,18,19)(H2,16,17,20). The zero-order valence-electron chi connectivity index (χ0n) is 11.8. The SMILES string of the molecule is CC(C)CC(CNC(=O)NCc1ncc[nH]1)CC(=O)O. The van der Waals surface area contributed by atoms with Gasteiger partial charge in [0.25, 0.3) is 0 Å². The van der Waals surface area contributed by atoms with Crippen LogP contribution < -0.4 is 10.6 Å². The second kappa shape index (κ2) is 8.19. The van der Waals surface area contributed by atoms with Crippen LogP contribution in [0.15, 0.2) is 12.4 Å². The maximum Gasteiger partial charge on any atom is 0.315 e. The third-order valence-electron chi connectivity index (χ3n) is 2.79. The van der Waals surface area contributed by atoms with Crippen LogP contribution >= 0.6 is 0 Å². The van der Waals surface area contributed by atoms with E-state index in [4.69, 9.17) is 5.11 Å². The number of hydrogen-bond donors (Lipinski definition) is 4. The minimum atomic E-state index is -0.839. The van der Waals surface area contributed by atoms with Gasteiger partial charge in [0, 0.05) is 25.4 Å². The van der Waals surface area contributed by atoms with Crippen LogP contribution in [0.3, 0.4) is 0 Å². The molecule has 20 heavy (non-hydrogen) atoms. The first-order valence-electron chi connectivity index (χ1n) is 6.69. The van der Waals surface area contributed by atoms with E-state index in [-0.39, 0.29) is 18.4 Å². The van der Waals surface area contributed by atoms with Gasteiger partial charge in [0.05, 0.1) is 6.54 Å². The van der Waals surface area contributed by atoms with Gasteiger partial charge in [-0.1, -0.05) is 13.8 Å². The molecular weight excluding hydrogens is 260 g/mol. The first-order chi connectivity index (χ1) is 9.47. The molecule has 1 aromatic rings. The molecule has 1 aromatic heterocycles. The van der Waals surface area contributed by atoms with E-state index in [9.17, 15) is 9.59 Å². The van der Waals surface area contributed by atoms with Crippen LogP contribution in [-0.4, -0.2) is 33.6 Å². The van der Waals surface area contributed by atoms with Crippen molar-refractivity contribution in [3.8, 4) is 0 Å². The highest BCUT2D eigenvalue weighted by Crippen LogP contribution is 2.14. The number of carboxylic acid groups (broad SMARTS) is 1. The molecular formula is C13H22N4O3. The summed E-state index contributed by atoms with van der Waals surface area (Å²) in [4.78, 5) is 29.2. The van der Waals surface area contributed by atoms with Gasteiger partial charge in [0.1, 0.15) is 5.82 Å². The van der Waals surface area contributed by atoms with Crippen molar-refractivity contribution in [2.75, 3.05) is 6.54 Å². The predicted molar refractivity (Wildman–Crippen MR) is 74.0 cm³/mol. The summed E-state index contributed by atoms with van der Waals surface area (Å²) in [6.45, 7) is 4.73. The molecule has 1 atom stereocenters. The molecule has 0 bridgehead atoms. The van der Waals surface area contributed by atoms with Gasteiger partial charge < -0.3 is 20.7 Å². The summed E-state index contributed by atoms with van der Waals surface area (Å²) >= 11 is 0. The Bertz CT molecular complexity index is 417. The van der Waals surface area contributed by atoms with Crippen LogP contribution in [0, 0.1) is 11.8 Å². The Hall–Kier alpha value is -2.05. The number of carboxylic acids is 1. The van der Waals surface area contributed by atoms with Crippen molar-refractivity contribution in [3.05, 3.63) is 18.2 Å². The molecule has 4 N–H and O–H groups in total. The molecule has 0 spiro atoms. The molecule has 112 valence electrons. The summed E-state index contributed by atoms with van der Waals surface area (Å²) in [5.74, 6) is 0.173. The molecule has 1 unspecified atom stereocenters. The van der Waals surface area contributed by atoms with Gasteiger partial charge in [-0.25, -0.2) is 9.78 Å². The van der Waals surface area contributed by atoms with E-state index in [1.54, 1.807) is 12.4 Å². The van der Waals surface area contributed by atoms with E-state index in [1.165, 1.54) is 0 Å². The Labute approximate surface area is 118 Å². The molecule has 7 nitrogen and oxygen atoms in total. The van der Waals surface area contributed by atoms with E-state index >= 15 is 0 Å². The fourth-order valence-corrected chi connectivity index (χ4v) is 2.01. The van der Waals surface area contributed by atoms with Crippen molar-refractivity contribution >= 4 is 12.0 Å². The van der Waals surface area contributed by atoms with Crippen molar-refractivity contribution in [1.82, 2.24) is 20.6 Å². The zero-order chi connectivity index (χ0) is 15.0. The number of urea groups is 1. The number of amides is 2. The summed E-state index contributed by atoms with van der Waals surface area (Å²) < 4.78 is 0. The third-order valence-corrected chi connectivity index (χ3v) is 2.79. The van der Waals surface area contributed by atoms with Crippen molar-refractivity contribution < 1.29 is 14.7 Å². The Kier molecular flexibility index (Phi) is 6.55. The highest BCUT2D eigenvalue weighted by atomic mass is 16.4. The second-order valence-electron chi connectivity index (χ2n) is 5.19. The quantitative estimate of drug-likeness (QED) is 0.577. The summed E-state index contributed by atoms with van der Waals surface area (Å²) in [5, 5.41) is 14.2. The zero-order valence-corrected chi connectivity index (χ0v) is 11.8. The number of imidazole rings is 1. The van der Waals surface area contributed by atoms with Gasteiger partial charge in [0.15, 0.2) is 0 Å². The van der Waals surface area contributed by atoms with Gasteiger partial charge in [0.2, 0.25) is 0 Å². The van der Waals surface area contributed by atoms with Crippen molar-refractivity contribution in [3.63, 3.8) is 0 Å². The lowest BCUT2D eigenvalue weighted by Crippen LogP contribution is -2.38. The number of carbonyl (C=O) groups is 2. The molecule has 1 heterocycles. The van der Waals surface area contributed by atoms with Crippen molar-refractivity contribution in [2.24, 2.45) is 11.8 Å². The lowest BCUT2D eigenvalue weighted by Gasteiger charge is -2.17. The van der Waals surface area contributed by atoms with Crippen LogP contribution in [0.1, 0.15) is 32.5 Å². The molecule has 0 aliphatic heterocycles. The lowest BCUT2D eigenvalue weighted by atomic mass is 9.94. The van der Waals surface area contributed by atoms with Crippen molar-refractivity contribution in [1.29, 1.82) is 0 Å². The Morgan fingerprint density at radius 2 is 2.15 bits per heavy atom. The smallest absolute Gasteiger partial charge is 0.315 e. The van der Waals surface area contributed by atoms with Crippen molar-refractivity contribution in [2.45, 2.75) is 33.2 Å². The van der Waals surface area contributed by atoms with E-state index in [1.807, 2.05) is 13.8 Å². The molecule has 0 aliphatic rings. The van der Waals surface area contributed by atoms with Gasteiger partial charge >= 0.3 is 12.0 Å². The number of aromatic nitrogens is 2. The van der Waals surface area contributed by atoms with Gasteiger partial charge in [-0.2, -0.15) is 0 Å². The lowest BCUT2D eigenvalue weighted by molar-refractivity contribution is -0.138. The number of H-pyrrole nitrogens is 1. The van der Waals surface area contributed by atoms with E-state index in [0.717, 1.165) is 6.42 Å². The molecule has 0 saturated carbocycles. The maximum absolute atomic E-state index is 11.6. The van der Waals surface area contributed by atoms with E-state index in [2.05, 4.69) is 20.6 Å². The number of nitrogens with zero attached hydrogens (tertiary/aromatic N) is 1. The van der Waals surface area contributed by atoms with E-state index in [0.29, 0.717) is 24.8 Å². The number of nitrogens with one attached hydrogen (secondary N) is 3. The predicted octanol–water partition coefficient (Wildman–Crippen LogP) is 1.35. The highest BCUT2D eigenvalue weighted by molar-refractivity contribution is 5.73. The monoisotopic (exact) mass is 282 g/mol. The van der Waals surface area contributed by atoms with Crippen LogP contribution in [-0.2, 0) is 11.3 Å². The summed E-state index contributed by atoms with van der Waals surface area (Å²) in [7, 11) is 0. The summed E-state index contributed by atoms with van der Waals surface area (Å²) in [6, 6.07) is -0.319. The number of carbonyl (C=O) groups excluding carboxylic acids is 1. The first kappa shape index (κ1) is 16.0. The summed E-state index contributed by atoms with van der Waals surface area (Å²) in [6.07, 6.45) is 4.13. The van der Waals surface area contributed by atoms with Crippen LogP contribution in [0.4, 0.5) is 4.79 Å².